The van der Waals surface area contributed by atoms with Crippen LogP contribution in [0.1, 0.15) is 22.5 Å². The molecule has 0 aliphatic carbocycles. The number of aromatic amines is 1. The second-order valence-corrected chi connectivity index (χ2v) is 9.66. The summed E-state index contributed by atoms with van der Waals surface area (Å²) in [5, 5.41) is 7.69. The summed E-state index contributed by atoms with van der Waals surface area (Å²) in [6.45, 7) is -3.57. The lowest BCUT2D eigenvalue weighted by Gasteiger charge is -2.24. The molecule has 5 aromatic rings. The van der Waals surface area contributed by atoms with E-state index in [1.54, 1.807) is 55.1 Å². The van der Waals surface area contributed by atoms with Crippen LogP contribution in [0, 0.1) is 0 Å². The van der Waals surface area contributed by atoms with Gasteiger partial charge in [0.25, 0.3) is 5.91 Å². The van der Waals surface area contributed by atoms with E-state index in [1.165, 1.54) is 0 Å². The minimum Gasteiger partial charge on any atom is -0.454 e. The van der Waals surface area contributed by atoms with Crippen LogP contribution in [0.25, 0.3) is 32.8 Å². The summed E-state index contributed by atoms with van der Waals surface area (Å²) in [6.07, 6.45) is 5.39. The van der Waals surface area contributed by atoms with Gasteiger partial charge in [0.05, 0.1) is 25.4 Å². The van der Waals surface area contributed by atoms with E-state index in [1.807, 2.05) is 6.07 Å². The summed E-state index contributed by atoms with van der Waals surface area (Å²) >= 11 is 0. The summed E-state index contributed by atoms with van der Waals surface area (Å²) in [4.78, 5) is 51.5. The molecule has 1 saturated heterocycles. The van der Waals surface area contributed by atoms with Gasteiger partial charge in [0.2, 0.25) is 11.8 Å². The number of amides is 3. The van der Waals surface area contributed by atoms with Crippen LogP contribution in [0.5, 0.6) is 0 Å². The van der Waals surface area contributed by atoms with Gasteiger partial charge in [-0.2, -0.15) is 8.78 Å². The molecule has 1 fully saturated rings. The topological polar surface area (TPSA) is 142 Å². The van der Waals surface area contributed by atoms with E-state index >= 15 is 0 Å². The molecule has 4 aromatic heterocycles. The van der Waals surface area contributed by atoms with E-state index in [2.05, 4.69) is 30.3 Å². The van der Waals surface area contributed by atoms with Gasteiger partial charge in [-0.3, -0.25) is 24.4 Å². The molecule has 3 N–H and O–H groups in total. The van der Waals surface area contributed by atoms with E-state index in [0.717, 1.165) is 26.6 Å². The molecule has 0 bridgehead atoms. The van der Waals surface area contributed by atoms with Gasteiger partial charge < -0.3 is 29.7 Å². The van der Waals surface area contributed by atoms with Crippen molar-refractivity contribution in [3.63, 3.8) is 0 Å². The van der Waals surface area contributed by atoms with Crippen LogP contribution < -0.4 is 10.6 Å². The van der Waals surface area contributed by atoms with Crippen molar-refractivity contribution >= 4 is 50.6 Å². The summed E-state index contributed by atoms with van der Waals surface area (Å²) in [7, 11) is 0. The molecular formula is C28H24F2N6O5. The number of aromatic nitrogens is 3. The van der Waals surface area contributed by atoms with E-state index in [-0.39, 0.29) is 19.5 Å². The molecule has 0 saturated carbocycles. The molecule has 13 heteroatoms. The largest absolute Gasteiger partial charge is 0.454 e. The number of nitrogens with one attached hydrogen (secondary N) is 3. The molecule has 1 aliphatic heterocycles. The number of alkyl halides is 2. The maximum atomic E-state index is 13.1. The third-order valence-electron chi connectivity index (χ3n) is 7.05. The van der Waals surface area contributed by atoms with Crippen molar-refractivity contribution in [1.29, 1.82) is 0 Å². The molecule has 0 radical (unpaired) electrons. The third kappa shape index (κ3) is 5.43. The molecule has 1 aromatic carbocycles. The third-order valence-corrected chi connectivity index (χ3v) is 7.05. The Labute approximate surface area is 230 Å². The highest BCUT2D eigenvalue weighted by molar-refractivity contribution is 6.08. The predicted molar refractivity (Wildman–Crippen MR) is 143 cm³/mol. The van der Waals surface area contributed by atoms with E-state index < -0.39 is 43.0 Å². The van der Waals surface area contributed by atoms with Gasteiger partial charge in [0.1, 0.15) is 11.6 Å². The molecule has 1 aliphatic rings. The quantitative estimate of drug-likeness (QED) is 0.264. The Bertz CT molecular complexity index is 1740. The predicted octanol–water partition coefficient (Wildman–Crippen LogP) is 3.11. The van der Waals surface area contributed by atoms with Crippen LogP contribution in [-0.4, -0.2) is 69.4 Å². The highest BCUT2D eigenvalue weighted by Crippen LogP contribution is 2.28. The Morgan fingerprint density at radius 3 is 2.71 bits per heavy atom. The number of hydrogen-bond donors (Lipinski definition) is 3. The minimum absolute atomic E-state index is 0.106. The van der Waals surface area contributed by atoms with Crippen LogP contribution >= 0.6 is 0 Å². The van der Waals surface area contributed by atoms with Gasteiger partial charge in [-0.15, -0.1) is 0 Å². The van der Waals surface area contributed by atoms with Gasteiger partial charge in [0, 0.05) is 64.5 Å². The van der Waals surface area contributed by atoms with E-state index in [9.17, 15) is 23.2 Å². The molecule has 0 unspecified atom stereocenters. The highest BCUT2D eigenvalue weighted by Gasteiger charge is 2.41. The zero-order valence-corrected chi connectivity index (χ0v) is 21.5. The monoisotopic (exact) mass is 562 g/mol. The average molecular weight is 563 g/mol. The maximum absolute atomic E-state index is 13.1. The Hall–Kier alpha value is -4.91. The van der Waals surface area contributed by atoms with Crippen LogP contribution in [0.3, 0.4) is 0 Å². The zero-order chi connectivity index (χ0) is 28.5. The van der Waals surface area contributed by atoms with Crippen molar-refractivity contribution in [3.05, 3.63) is 72.4 Å². The number of H-pyrrole nitrogens is 1. The fourth-order valence-electron chi connectivity index (χ4n) is 5.13. The van der Waals surface area contributed by atoms with Gasteiger partial charge in [0.15, 0.2) is 5.58 Å². The molecule has 41 heavy (non-hydrogen) atoms. The minimum atomic E-state index is -3.05. The lowest BCUT2D eigenvalue weighted by Crippen LogP contribution is -2.49. The van der Waals surface area contributed by atoms with Crippen molar-refractivity contribution in [2.24, 2.45) is 0 Å². The SMILES string of the molecule is O=C(NCC(=O)N1C[C@H](OC(F)F)C[C@H]1C(=O)NCc1cc2cnccc2[nH]1)c1ccc2oc3cnccc3c2c1. The van der Waals surface area contributed by atoms with Crippen LogP contribution in [0.2, 0.25) is 0 Å². The number of hydrogen-bond acceptors (Lipinski definition) is 7. The van der Waals surface area contributed by atoms with Gasteiger partial charge in [-0.05, 0) is 36.4 Å². The number of carbonyl (C=O) groups excluding carboxylic acids is 3. The normalized spacial score (nSPS) is 17.1. The number of likely N-dealkylation sites (tertiary alicyclic amines) is 1. The van der Waals surface area contributed by atoms with Crippen LogP contribution in [0.4, 0.5) is 8.78 Å². The molecule has 0 spiro atoms. The number of fused-ring (bicyclic) bond motifs is 4. The van der Waals surface area contributed by atoms with Gasteiger partial charge in [-0.25, -0.2) is 0 Å². The average Bonchev–Trinajstić information content (AvgIpc) is 3.68. The van der Waals surface area contributed by atoms with Crippen molar-refractivity contribution in [3.8, 4) is 0 Å². The molecule has 5 heterocycles. The number of pyridine rings is 2. The Morgan fingerprint density at radius 1 is 1.05 bits per heavy atom. The Morgan fingerprint density at radius 2 is 1.88 bits per heavy atom. The van der Waals surface area contributed by atoms with Crippen LogP contribution in [-0.2, 0) is 20.9 Å². The first-order valence-corrected chi connectivity index (χ1v) is 12.8. The van der Waals surface area contributed by atoms with E-state index in [0.29, 0.717) is 22.4 Å². The number of ether oxygens (including phenoxy) is 1. The summed E-state index contributed by atoms with van der Waals surface area (Å²) in [5.41, 5.74) is 3.02. The van der Waals surface area contributed by atoms with Crippen molar-refractivity contribution in [1.82, 2.24) is 30.5 Å². The van der Waals surface area contributed by atoms with Gasteiger partial charge >= 0.3 is 6.61 Å². The standard InChI is InChI=1S/C28H24F2N6O5/c29-28(30)40-18-9-22(27(39)33-11-17-7-16-10-31-6-4-21(16)35-17)36(14-18)25(37)13-34-26(38)15-1-2-23-20(8-15)19-3-5-32-12-24(19)41-23/h1-8,10,12,18,22,28,35H,9,11,13-14H2,(H,33,39)(H,34,38)/t18-,22+/m1/s1. The second kappa shape index (κ2) is 10.9. The molecule has 3 amide bonds. The summed E-state index contributed by atoms with van der Waals surface area (Å²) in [5.74, 6) is -1.64. The first-order valence-electron chi connectivity index (χ1n) is 12.8. The summed E-state index contributed by atoms with van der Waals surface area (Å²) in [6, 6.07) is 9.23. The number of furan rings is 1. The second-order valence-electron chi connectivity index (χ2n) is 9.66. The fourth-order valence-corrected chi connectivity index (χ4v) is 5.13. The maximum Gasteiger partial charge on any atom is 0.345 e. The van der Waals surface area contributed by atoms with Crippen LogP contribution in [0.15, 0.2) is 65.6 Å². The Kier molecular flexibility index (Phi) is 7.01. The smallest absolute Gasteiger partial charge is 0.345 e. The number of carbonyl (C=O) groups is 3. The number of rotatable bonds is 8. The molecular weight excluding hydrogens is 538 g/mol. The van der Waals surface area contributed by atoms with Crippen molar-refractivity contribution in [2.45, 2.75) is 31.7 Å². The first kappa shape index (κ1) is 26.3. The fraction of sp³-hybridized carbons (Fsp3) is 0.250. The molecule has 6 rings (SSSR count). The van der Waals surface area contributed by atoms with Gasteiger partial charge in [-0.1, -0.05) is 0 Å². The molecule has 210 valence electrons. The highest BCUT2D eigenvalue weighted by atomic mass is 19.3. The van der Waals surface area contributed by atoms with E-state index in [4.69, 9.17) is 4.42 Å². The number of nitrogens with zero attached hydrogens (tertiary/aromatic N) is 3. The number of benzene rings is 1. The lowest BCUT2D eigenvalue weighted by atomic mass is 10.1. The Balaban J connectivity index is 1.12. The lowest BCUT2D eigenvalue weighted by molar-refractivity contribution is -0.160. The van der Waals surface area contributed by atoms with Crippen molar-refractivity contribution < 1.29 is 32.3 Å². The van der Waals surface area contributed by atoms with Crippen molar-refractivity contribution in [2.75, 3.05) is 13.1 Å². The zero-order valence-electron chi connectivity index (χ0n) is 21.5. The number of halogens is 2. The summed E-state index contributed by atoms with van der Waals surface area (Å²) < 4.78 is 36.2. The molecule has 2 atom stereocenters. The molecule has 11 nitrogen and oxygen atoms in total. The first-order chi connectivity index (χ1) is 19.9.